The molecule has 1 aromatic rings. The van der Waals surface area contributed by atoms with E-state index in [1.165, 1.54) is 0 Å². The van der Waals surface area contributed by atoms with E-state index in [1.54, 1.807) is 0 Å². The number of amides is 1. The van der Waals surface area contributed by atoms with E-state index in [0.717, 1.165) is 24.8 Å². The van der Waals surface area contributed by atoms with Gasteiger partial charge in [-0.15, -0.1) is 0 Å². The maximum absolute atomic E-state index is 12.1. The average molecular weight is 263 g/mol. The van der Waals surface area contributed by atoms with E-state index in [4.69, 9.17) is 5.11 Å². The van der Waals surface area contributed by atoms with Crippen molar-refractivity contribution in [3.63, 3.8) is 0 Å². The molecule has 2 N–H and O–H groups in total. The molecule has 0 heterocycles. The van der Waals surface area contributed by atoms with Crippen LogP contribution in [0.15, 0.2) is 30.3 Å². The summed E-state index contributed by atoms with van der Waals surface area (Å²) in [6.07, 6.45) is 2.67. The topological polar surface area (TPSA) is 49.3 Å². The minimum atomic E-state index is -0.0588. The standard InChI is InChI=1S/C16H25NO2/c1-3-15(14-9-5-4-6-10-14)16(19)17-11-7-8-13(2)12-18/h4-6,9-10,13,15,18H,3,7-8,11-12H2,1-2H3,(H,17,19). The number of hydrogen-bond donors (Lipinski definition) is 2. The molecule has 1 rings (SSSR count). The van der Waals surface area contributed by atoms with Crippen LogP contribution in [0.1, 0.15) is 44.6 Å². The van der Waals surface area contributed by atoms with E-state index in [-0.39, 0.29) is 18.4 Å². The number of carbonyl (C=O) groups excluding carboxylic acids is 1. The van der Waals surface area contributed by atoms with Crippen LogP contribution in [0.4, 0.5) is 0 Å². The lowest BCUT2D eigenvalue weighted by Gasteiger charge is -2.15. The Morgan fingerprint density at radius 2 is 2.00 bits per heavy atom. The van der Waals surface area contributed by atoms with Crippen LogP contribution in [-0.4, -0.2) is 24.2 Å². The van der Waals surface area contributed by atoms with E-state index < -0.39 is 0 Å². The Balaban J connectivity index is 2.39. The average Bonchev–Trinajstić information content (AvgIpc) is 2.45. The van der Waals surface area contributed by atoms with Crippen molar-refractivity contribution >= 4 is 5.91 Å². The number of aliphatic hydroxyl groups excluding tert-OH is 1. The quantitative estimate of drug-likeness (QED) is 0.708. The van der Waals surface area contributed by atoms with Gasteiger partial charge in [0.05, 0.1) is 5.92 Å². The van der Waals surface area contributed by atoms with Crippen LogP contribution in [0, 0.1) is 5.92 Å². The van der Waals surface area contributed by atoms with E-state index in [0.29, 0.717) is 12.5 Å². The maximum Gasteiger partial charge on any atom is 0.227 e. The molecule has 2 atom stereocenters. The molecule has 0 saturated heterocycles. The minimum absolute atomic E-state index is 0.0588. The van der Waals surface area contributed by atoms with Crippen molar-refractivity contribution in [2.75, 3.05) is 13.2 Å². The van der Waals surface area contributed by atoms with Crippen molar-refractivity contribution in [3.05, 3.63) is 35.9 Å². The second kappa shape index (κ2) is 8.70. The van der Waals surface area contributed by atoms with Crippen molar-refractivity contribution in [2.45, 2.75) is 39.0 Å². The lowest BCUT2D eigenvalue weighted by atomic mass is 9.95. The van der Waals surface area contributed by atoms with Crippen molar-refractivity contribution in [1.82, 2.24) is 5.32 Å². The molecule has 0 spiro atoms. The van der Waals surface area contributed by atoms with Gasteiger partial charge in [0.15, 0.2) is 0 Å². The Labute approximate surface area is 116 Å². The van der Waals surface area contributed by atoms with Crippen LogP contribution in [0.2, 0.25) is 0 Å². The van der Waals surface area contributed by atoms with E-state index in [9.17, 15) is 4.79 Å². The summed E-state index contributed by atoms with van der Waals surface area (Å²) in [6, 6.07) is 9.90. The van der Waals surface area contributed by atoms with Gasteiger partial charge in [-0.1, -0.05) is 44.2 Å². The smallest absolute Gasteiger partial charge is 0.227 e. The zero-order chi connectivity index (χ0) is 14.1. The molecule has 0 bridgehead atoms. The molecule has 0 saturated carbocycles. The fourth-order valence-corrected chi connectivity index (χ4v) is 2.13. The van der Waals surface area contributed by atoms with Crippen molar-refractivity contribution < 1.29 is 9.90 Å². The summed E-state index contributed by atoms with van der Waals surface area (Å²) in [6.45, 7) is 4.95. The van der Waals surface area contributed by atoms with E-state index >= 15 is 0 Å². The number of aliphatic hydroxyl groups is 1. The molecule has 0 aliphatic carbocycles. The molecule has 0 aliphatic heterocycles. The van der Waals surface area contributed by atoms with Gasteiger partial charge in [0, 0.05) is 13.2 Å². The Kier molecular flexibility index (Phi) is 7.19. The third-order valence-electron chi connectivity index (χ3n) is 3.41. The van der Waals surface area contributed by atoms with E-state index in [2.05, 4.69) is 5.32 Å². The predicted octanol–water partition coefficient (Wildman–Crippen LogP) is 2.71. The highest BCUT2D eigenvalue weighted by Crippen LogP contribution is 2.19. The van der Waals surface area contributed by atoms with Gasteiger partial charge >= 0.3 is 0 Å². The second-order valence-electron chi connectivity index (χ2n) is 5.09. The maximum atomic E-state index is 12.1. The molecule has 0 aromatic heterocycles. The summed E-state index contributed by atoms with van der Waals surface area (Å²) in [4.78, 5) is 12.1. The van der Waals surface area contributed by atoms with Gasteiger partial charge in [-0.2, -0.15) is 0 Å². The number of rotatable bonds is 8. The Bertz CT molecular complexity index is 364. The van der Waals surface area contributed by atoms with Crippen LogP contribution in [0.3, 0.4) is 0 Å². The molecule has 2 unspecified atom stereocenters. The molecule has 0 radical (unpaired) electrons. The second-order valence-corrected chi connectivity index (χ2v) is 5.09. The Morgan fingerprint density at radius 1 is 1.32 bits per heavy atom. The first-order chi connectivity index (χ1) is 9.19. The monoisotopic (exact) mass is 263 g/mol. The van der Waals surface area contributed by atoms with Crippen LogP contribution in [-0.2, 0) is 4.79 Å². The number of benzene rings is 1. The first-order valence-electron chi connectivity index (χ1n) is 7.12. The van der Waals surface area contributed by atoms with Gasteiger partial charge < -0.3 is 10.4 Å². The fraction of sp³-hybridized carbons (Fsp3) is 0.562. The molecule has 19 heavy (non-hydrogen) atoms. The lowest BCUT2D eigenvalue weighted by molar-refractivity contribution is -0.122. The van der Waals surface area contributed by atoms with Gasteiger partial charge in [-0.3, -0.25) is 4.79 Å². The highest BCUT2D eigenvalue weighted by Gasteiger charge is 2.17. The van der Waals surface area contributed by atoms with Crippen LogP contribution < -0.4 is 5.32 Å². The molecular weight excluding hydrogens is 238 g/mol. The van der Waals surface area contributed by atoms with Gasteiger partial charge in [-0.25, -0.2) is 0 Å². The van der Waals surface area contributed by atoms with Gasteiger partial charge in [0.2, 0.25) is 5.91 Å². The molecule has 0 aliphatic rings. The van der Waals surface area contributed by atoms with Crippen molar-refractivity contribution in [2.24, 2.45) is 5.92 Å². The molecular formula is C16H25NO2. The van der Waals surface area contributed by atoms with Gasteiger partial charge in [0.1, 0.15) is 0 Å². The van der Waals surface area contributed by atoms with Crippen LogP contribution in [0.25, 0.3) is 0 Å². The third-order valence-corrected chi connectivity index (χ3v) is 3.41. The van der Waals surface area contributed by atoms with Crippen molar-refractivity contribution in [3.8, 4) is 0 Å². The Hall–Kier alpha value is -1.35. The van der Waals surface area contributed by atoms with Gasteiger partial charge in [0.25, 0.3) is 0 Å². The van der Waals surface area contributed by atoms with Crippen LogP contribution in [0.5, 0.6) is 0 Å². The van der Waals surface area contributed by atoms with Gasteiger partial charge in [-0.05, 0) is 30.7 Å². The summed E-state index contributed by atoms with van der Waals surface area (Å²) in [7, 11) is 0. The molecule has 3 heteroatoms. The molecule has 0 fully saturated rings. The zero-order valence-corrected chi connectivity index (χ0v) is 11.9. The Morgan fingerprint density at radius 3 is 2.58 bits per heavy atom. The fourth-order valence-electron chi connectivity index (χ4n) is 2.13. The molecule has 3 nitrogen and oxygen atoms in total. The highest BCUT2D eigenvalue weighted by molar-refractivity contribution is 5.83. The predicted molar refractivity (Wildman–Crippen MR) is 78.0 cm³/mol. The summed E-state index contributed by atoms with van der Waals surface area (Å²) >= 11 is 0. The highest BCUT2D eigenvalue weighted by atomic mass is 16.3. The normalized spacial score (nSPS) is 13.8. The largest absolute Gasteiger partial charge is 0.396 e. The van der Waals surface area contributed by atoms with Crippen LogP contribution >= 0.6 is 0 Å². The lowest BCUT2D eigenvalue weighted by Crippen LogP contribution is -2.30. The SMILES string of the molecule is CCC(C(=O)NCCCC(C)CO)c1ccccc1. The van der Waals surface area contributed by atoms with E-state index in [1.807, 2.05) is 44.2 Å². The number of carbonyl (C=O) groups is 1. The first kappa shape index (κ1) is 15.7. The van der Waals surface area contributed by atoms with Crippen molar-refractivity contribution in [1.29, 1.82) is 0 Å². The molecule has 1 aromatic carbocycles. The molecule has 106 valence electrons. The number of nitrogens with one attached hydrogen (secondary N) is 1. The zero-order valence-electron chi connectivity index (χ0n) is 11.9. The minimum Gasteiger partial charge on any atom is -0.396 e. The first-order valence-corrected chi connectivity index (χ1v) is 7.12. The summed E-state index contributed by atoms with van der Waals surface area (Å²) < 4.78 is 0. The summed E-state index contributed by atoms with van der Waals surface area (Å²) in [5, 5.41) is 11.9. The number of hydrogen-bond acceptors (Lipinski definition) is 2. The summed E-state index contributed by atoms with van der Waals surface area (Å²) in [5.41, 5.74) is 1.08. The molecule has 1 amide bonds. The third kappa shape index (κ3) is 5.43. The summed E-state index contributed by atoms with van der Waals surface area (Å²) in [5.74, 6) is 0.356.